The second-order valence-electron chi connectivity index (χ2n) is 6.16. The summed E-state index contributed by atoms with van der Waals surface area (Å²) in [7, 11) is 3.71. The van der Waals surface area contributed by atoms with Crippen molar-refractivity contribution in [3.8, 4) is 0 Å². The maximum absolute atomic E-state index is 12.5. The normalized spacial score (nSPS) is 17.0. The molecule has 1 aliphatic carbocycles. The van der Waals surface area contributed by atoms with Crippen LogP contribution in [0.2, 0.25) is 0 Å². The van der Waals surface area contributed by atoms with Gasteiger partial charge in [0.25, 0.3) is 5.56 Å². The van der Waals surface area contributed by atoms with Crippen LogP contribution in [0.3, 0.4) is 0 Å². The Morgan fingerprint density at radius 1 is 1.41 bits per heavy atom. The van der Waals surface area contributed by atoms with Crippen molar-refractivity contribution in [2.75, 3.05) is 19.0 Å². The van der Waals surface area contributed by atoms with E-state index < -0.39 is 6.04 Å². The number of nitrogens with zero attached hydrogens (tertiary/aromatic N) is 3. The molecule has 0 radical (unpaired) electrons. The first kappa shape index (κ1) is 16.5. The van der Waals surface area contributed by atoms with Crippen LogP contribution in [0.25, 0.3) is 0 Å². The number of nitrogens with one attached hydrogen (secondary N) is 1. The smallest absolute Gasteiger partial charge is 0.269 e. The summed E-state index contributed by atoms with van der Waals surface area (Å²) in [6, 6.07) is 1.22. The van der Waals surface area contributed by atoms with Gasteiger partial charge in [-0.1, -0.05) is 26.2 Å². The van der Waals surface area contributed by atoms with E-state index in [0.717, 1.165) is 31.4 Å². The van der Waals surface area contributed by atoms with Gasteiger partial charge in [-0.2, -0.15) is 5.10 Å². The van der Waals surface area contributed by atoms with E-state index >= 15 is 0 Å². The molecule has 1 heterocycles. The summed E-state index contributed by atoms with van der Waals surface area (Å²) in [6.45, 7) is 1.90. The summed E-state index contributed by atoms with van der Waals surface area (Å²) in [5.74, 6) is -0.0957. The molecule has 0 aromatic carbocycles. The van der Waals surface area contributed by atoms with Gasteiger partial charge in [0.1, 0.15) is 6.04 Å². The molecule has 0 spiro atoms. The number of hydrogen-bond acceptors (Lipinski definition) is 4. The topological polar surface area (TPSA) is 67.2 Å². The van der Waals surface area contributed by atoms with Gasteiger partial charge < -0.3 is 10.2 Å². The molecule has 1 amide bonds. The van der Waals surface area contributed by atoms with Crippen molar-refractivity contribution in [3.63, 3.8) is 0 Å². The molecule has 1 aliphatic rings. The Hall–Kier alpha value is -1.85. The van der Waals surface area contributed by atoms with Crippen LogP contribution in [0.4, 0.5) is 5.69 Å². The Kier molecular flexibility index (Phi) is 5.57. The number of anilines is 1. The van der Waals surface area contributed by atoms with Crippen molar-refractivity contribution in [1.82, 2.24) is 15.1 Å². The van der Waals surface area contributed by atoms with Crippen LogP contribution in [-0.4, -0.2) is 35.8 Å². The van der Waals surface area contributed by atoms with E-state index in [1.807, 2.05) is 25.9 Å². The van der Waals surface area contributed by atoms with Crippen LogP contribution in [0.1, 0.15) is 51.5 Å². The van der Waals surface area contributed by atoms with Crippen LogP contribution in [0, 0.1) is 0 Å². The number of rotatable bonds is 5. The summed E-state index contributed by atoms with van der Waals surface area (Å²) in [5, 5.41) is 7.27. The number of aromatic nitrogens is 2. The molecule has 6 nitrogen and oxygen atoms in total. The monoisotopic (exact) mass is 306 g/mol. The van der Waals surface area contributed by atoms with E-state index in [0.29, 0.717) is 6.42 Å². The zero-order chi connectivity index (χ0) is 16.1. The maximum Gasteiger partial charge on any atom is 0.269 e. The average molecular weight is 306 g/mol. The quantitative estimate of drug-likeness (QED) is 0.899. The van der Waals surface area contributed by atoms with Gasteiger partial charge in [0.2, 0.25) is 5.91 Å². The van der Waals surface area contributed by atoms with Gasteiger partial charge >= 0.3 is 0 Å². The fourth-order valence-electron chi connectivity index (χ4n) is 2.90. The van der Waals surface area contributed by atoms with E-state index in [-0.39, 0.29) is 17.5 Å². The third-order valence-electron chi connectivity index (χ3n) is 4.26. The molecule has 0 aliphatic heterocycles. The highest BCUT2D eigenvalue weighted by Gasteiger charge is 2.24. The van der Waals surface area contributed by atoms with Gasteiger partial charge in [0.15, 0.2) is 0 Å². The third kappa shape index (κ3) is 3.87. The first-order chi connectivity index (χ1) is 10.5. The molecule has 1 aromatic rings. The van der Waals surface area contributed by atoms with Gasteiger partial charge in [-0.15, -0.1) is 0 Å². The minimum Gasteiger partial charge on any atom is -0.376 e. The highest BCUT2D eigenvalue weighted by atomic mass is 16.2. The minimum atomic E-state index is -0.536. The van der Waals surface area contributed by atoms with Crippen LogP contribution in [0.15, 0.2) is 17.1 Å². The summed E-state index contributed by atoms with van der Waals surface area (Å²) in [5.41, 5.74) is 0.501. The zero-order valence-corrected chi connectivity index (χ0v) is 13.7. The average Bonchev–Trinajstić information content (AvgIpc) is 2.50. The molecule has 0 saturated heterocycles. The molecule has 2 rings (SSSR count). The lowest BCUT2D eigenvalue weighted by atomic mass is 9.95. The Morgan fingerprint density at radius 3 is 2.64 bits per heavy atom. The Bertz CT molecular complexity index is 562. The Morgan fingerprint density at radius 2 is 2.09 bits per heavy atom. The maximum atomic E-state index is 12.5. The van der Waals surface area contributed by atoms with Crippen molar-refractivity contribution in [1.29, 1.82) is 0 Å². The highest BCUT2D eigenvalue weighted by Crippen LogP contribution is 2.19. The van der Waals surface area contributed by atoms with E-state index in [1.54, 1.807) is 6.20 Å². The van der Waals surface area contributed by atoms with E-state index in [2.05, 4.69) is 10.4 Å². The summed E-state index contributed by atoms with van der Waals surface area (Å²) in [6.07, 6.45) is 7.81. The predicted octanol–water partition coefficient (Wildman–Crippen LogP) is 1.71. The van der Waals surface area contributed by atoms with E-state index in [1.165, 1.54) is 17.2 Å². The number of carbonyl (C=O) groups is 1. The fourth-order valence-corrected chi connectivity index (χ4v) is 2.90. The molecule has 6 heteroatoms. The SMILES string of the molecule is CC[C@H](C(=O)NC1CCCCC1)n1ncc(N(C)C)cc1=O. The molecular formula is C16H26N4O2. The summed E-state index contributed by atoms with van der Waals surface area (Å²) in [4.78, 5) is 26.5. The van der Waals surface area contributed by atoms with Gasteiger partial charge in [-0.25, -0.2) is 4.68 Å². The van der Waals surface area contributed by atoms with E-state index in [4.69, 9.17) is 0 Å². The lowest BCUT2D eigenvalue weighted by molar-refractivity contribution is -0.125. The van der Waals surface area contributed by atoms with Crippen molar-refractivity contribution >= 4 is 11.6 Å². The number of carbonyl (C=O) groups excluding carboxylic acids is 1. The zero-order valence-electron chi connectivity index (χ0n) is 13.7. The molecule has 122 valence electrons. The lowest BCUT2D eigenvalue weighted by Gasteiger charge is -2.25. The van der Waals surface area contributed by atoms with Gasteiger partial charge in [0.05, 0.1) is 11.9 Å². The van der Waals surface area contributed by atoms with E-state index in [9.17, 15) is 9.59 Å². The molecule has 1 fully saturated rings. The summed E-state index contributed by atoms with van der Waals surface area (Å²) < 4.78 is 1.30. The molecule has 0 unspecified atom stereocenters. The molecule has 22 heavy (non-hydrogen) atoms. The molecule has 1 saturated carbocycles. The summed E-state index contributed by atoms with van der Waals surface area (Å²) >= 11 is 0. The van der Waals surface area contributed by atoms with Crippen molar-refractivity contribution in [3.05, 3.63) is 22.6 Å². The molecule has 1 aromatic heterocycles. The predicted molar refractivity (Wildman–Crippen MR) is 87.2 cm³/mol. The van der Waals surface area contributed by atoms with Gasteiger partial charge in [0, 0.05) is 26.2 Å². The van der Waals surface area contributed by atoms with Crippen molar-refractivity contribution < 1.29 is 4.79 Å². The Balaban J connectivity index is 2.13. The van der Waals surface area contributed by atoms with Crippen molar-refractivity contribution in [2.24, 2.45) is 0 Å². The van der Waals surface area contributed by atoms with Crippen molar-refractivity contribution in [2.45, 2.75) is 57.5 Å². The van der Waals surface area contributed by atoms with Crippen LogP contribution >= 0.6 is 0 Å². The standard InChI is InChI=1S/C16H26N4O2/c1-4-14(16(22)18-12-8-6-5-7-9-12)20-15(21)10-13(11-17-20)19(2)3/h10-12,14H,4-9H2,1-3H3,(H,18,22)/t14-/m1/s1. The number of hydrogen-bond donors (Lipinski definition) is 1. The van der Waals surface area contributed by atoms with Crippen LogP contribution < -0.4 is 15.8 Å². The second kappa shape index (κ2) is 7.42. The highest BCUT2D eigenvalue weighted by molar-refractivity contribution is 5.80. The Labute approximate surface area is 131 Å². The molecule has 1 N–H and O–H groups in total. The third-order valence-corrected chi connectivity index (χ3v) is 4.26. The second-order valence-corrected chi connectivity index (χ2v) is 6.16. The molecule has 0 bridgehead atoms. The molecule has 1 atom stereocenters. The fraction of sp³-hybridized carbons (Fsp3) is 0.688. The van der Waals surface area contributed by atoms with Gasteiger partial charge in [-0.3, -0.25) is 9.59 Å². The lowest BCUT2D eigenvalue weighted by Crippen LogP contribution is -2.43. The molecular weight excluding hydrogens is 280 g/mol. The van der Waals surface area contributed by atoms with Gasteiger partial charge in [-0.05, 0) is 19.3 Å². The largest absolute Gasteiger partial charge is 0.376 e. The van der Waals surface area contributed by atoms with Crippen LogP contribution in [0.5, 0.6) is 0 Å². The first-order valence-corrected chi connectivity index (χ1v) is 8.09. The first-order valence-electron chi connectivity index (χ1n) is 8.09. The minimum absolute atomic E-state index is 0.0957. The van der Waals surface area contributed by atoms with Crippen LogP contribution in [-0.2, 0) is 4.79 Å². The number of amides is 1.